The molecular weight excluding hydrogens is 364 g/mol. The highest BCUT2D eigenvalue weighted by molar-refractivity contribution is 5.71. The fourth-order valence-electron chi connectivity index (χ4n) is 3.54. The molecule has 0 spiro atoms. The minimum atomic E-state index is -1.26. The van der Waals surface area contributed by atoms with E-state index in [2.05, 4.69) is 0 Å². The van der Waals surface area contributed by atoms with Crippen LogP contribution in [0.5, 0.6) is 0 Å². The van der Waals surface area contributed by atoms with Crippen LogP contribution in [0.3, 0.4) is 0 Å². The van der Waals surface area contributed by atoms with Crippen molar-refractivity contribution in [1.29, 1.82) is 0 Å². The number of nitrogens with zero attached hydrogens (tertiary/aromatic N) is 2. The minimum absolute atomic E-state index is 0.0589. The number of carbonyl (C=O) groups is 2. The van der Waals surface area contributed by atoms with E-state index in [0.29, 0.717) is 0 Å². The van der Waals surface area contributed by atoms with E-state index >= 15 is 0 Å². The number of hydrogen-bond acceptors (Lipinski definition) is 6. The number of benzene rings is 1. The SMILES string of the molecule is CC(C)(C)OC(=O)N1CC(CO)(C2(O)CN(C(=O)OCc3ccccc3)C2)C1. The largest absolute Gasteiger partial charge is 0.445 e. The van der Waals surface area contributed by atoms with E-state index in [9.17, 15) is 19.8 Å². The van der Waals surface area contributed by atoms with Crippen molar-refractivity contribution in [3.05, 3.63) is 35.9 Å². The van der Waals surface area contributed by atoms with E-state index in [1.54, 1.807) is 20.8 Å². The van der Waals surface area contributed by atoms with Crippen LogP contribution in [-0.2, 0) is 16.1 Å². The maximum absolute atomic E-state index is 12.2. The quantitative estimate of drug-likeness (QED) is 0.807. The Morgan fingerprint density at radius 1 is 1.04 bits per heavy atom. The molecule has 8 heteroatoms. The number of aliphatic hydroxyl groups is 2. The van der Waals surface area contributed by atoms with Crippen molar-refractivity contribution in [2.24, 2.45) is 5.41 Å². The first-order valence-corrected chi connectivity index (χ1v) is 9.34. The number of aliphatic hydroxyl groups excluding tert-OH is 1. The standard InChI is InChI=1S/C20H28N2O6/c1-18(2,3)28-17(25)21-10-19(11-21,14-23)20(26)12-22(13-20)16(24)27-9-15-7-5-4-6-8-15/h4-8,23,26H,9-14H2,1-3H3. The number of amides is 2. The summed E-state index contributed by atoms with van der Waals surface area (Å²) in [5.74, 6) is 0. The Bertz CT molecular complexity index is 718. The molecule has 0 saturated carbocycles. The molecule has 2 fully saturated rings. The van der Waals surface area contributed by atoms with E-state index in [-0.39, 0.29) is 39.4 Å². The maximum atomic E-state index is 12.2. The topological polar surface area (TPSA) is 99.5 Å². The van der Waals surface area contributed by atoms with Gasteiger partial charge in [0.15, 0.2) is 0 Å². The average molecular weight is 392 g/mol. The molecule has 0 aliphatic carbocycles. The van der Waals surface area contributed by atoms with Gasteiger partial charge in [-0.15, -0.1) is 0 Å². The normalized spacial score (nSPS) is 20.0. The molecule has 0 unspecified atom stereocenters. The number of likely N-dealkylation sites (tertiary alicyclic amines) is 2. The molecule has 0 aromatic heterocycles. The molecule has 2 aliphatic rings. The third-order valence-corrected chi connectivity index (χ3v) is 5.30. The molecule has 0 atom stereocenters. The Hall–Kier alpha value is -2.32. The Morgan fingerprint density at radius 3 is 2.14 bits per heavy atom. The number of ether oxygens (including phenoxy) is 2. The lowest BCUT2D eigenvalue weighted by atomic mass is 9.63. The van der Waals surface area contributed by atoms with E-state index in [0.717, 1.165) is 5.56 Å². The molecule has 2 N–H and O–H groups in total. The predicted molar refractivity (Wildman–Crippen MR) is 100 cm³/mol. The van der Waals surface area contributed by atoms with Crippen LogP contribution in [0.2, 0.25) is 0 Å². The molecule has 8 nitrogen and oxygen atoms in total. The van der Waals surface area contributed by atoms with Crippen molar-refractivity contribution in [2.45, 2.75) is 38.6 Å². The highest BCUT2D eigenvalue weighted by atomic mass is 16.6. The number of β-amino-alcohol motifs (C(OH)–C–C–N with tert-alkyl or cyclic N) is 1. The van der Waals surface area contributed by atoms with Crippen LogP contribution in [0.25, 0.3) is 0 Å². The van der Waals surface area contributed by atoms with Crippen LogP contribution in [0.1, 0.15) is 26.3 Å². The van der Waals surface area contributed by atoms with Crippen molar-refractivity contribution in [1.82, 2.24) is 9.80 Å². The zero-order valence-electron chi connectivity index (χ0n) is 16.6. The lowest BCUT2D eigenvalue weighted by Crippen LogP contribution is -2.80. The Labute approximate surface area is 164 Å². The molecule has 3 rings (SSSR count). The smallest absolute Gasteiger partial charge is 0.410 e. The lowest BCUT2D eigenvalue weighted by molar-refractivity contribution is -0.226. The van der Waals surface area contributed by atoms with Crippen LogP contribution in [0.4, 0.5) is 9.59 Å². The summed E-state index contributed by atoms with van der Waals surface area (Å²) in [4.78, 5) is 27.2. The fraction of sp³-hybridized carbons (Fsp3) is 0.600. The Balaban J connectivity index is 1.51. The third kappa shape index (κ3) is 3.93. The van der Waals surface area contributed by atoms with Crippen molar-refractivity contribution in [2.75, 3.05) is 32.8 Å². The second kappa shape index (κ2) is 7.25. The van der Waals surface area contributed by atoms with Crippen LogP contribution in [-0.4, -0.2) is 76.2 Å². The number of rotatable bonds is 4. The second-order valence-corrected chi connectivity index (χ2v) is 8.70. The summed E-state index contributed by atoms with van der Waals surface area (Å²) in [5, 5.41) is 20.8. The molecule has 1 aromatic carbocycles. The van der Waals surface area contributed by atoms with Gasteiger partial charge < -0.3 is 29.5 Å². The summed E-state index contributed by atoms with van der Waals surface area (Å²) in [6.45, 7) is 5.70. The van der Waals surface area contributed by atoms with Gasteiger partial charge in [0.1, 0.15) is 17.8 Å². The first kappa shape index (κ1) is 20.4. The maximum Gasteiger partial charge on any atom is 0.410 e. The molecule has 0 bridgehead atoms. The van der Waals surface area contributed by atoms with Crippen LogP contribution in [0.15, 0.2) is 30.3 Å². The van der Waals surface area contributed by atoms with Gasteiger partial charge in [-0.25, -0.2) is 9.59 Å². The molecule has 2 saturated heterocycles. The van der Waals surface area contributed by atoms with E-state index in [1.807, 2.05) is 30.3 Å². The first-order valence-electron chi connectivity index (χ1n) is 9.34. The molecule has 2 heterocycles. The summed E-state index contributed by atoms with van der Waals surface area (Å²) in [7, 11) is 0. The van der Waals surface area contributed by atoms with Gasteiger partial charge in [0.25, 0.3) is 0 Å². The molecule has 1 aromatic rings. The molecule has 0 radical (unpaired) electrons. The highest BCUT2D eigenvalue weighted by Crippen LogP contribution is 2.46. The van der Waals surface area contributed by atoms with Crippen molar-refractivity contribution in [3.63, 3.8) is 0 Å². The monoisotopic (exact) mass is 392 g/mol. The van der Waals surface area contributed by atoms with Crippen molar-refractivity contribution in [3.8, 4) is 0 Å². The summed E-state index contributed by atoms with van der Waals surface area (Å²) in [6, 6.07) is 9.34. The summed E-state index contributed by atoms with van der Waals surface area (Å²) >= 11 is 0. The molecule has 2 aliphatic heterocycles. The van der Waals surface area contributed by atoms with Gasteiger partial charge in [0.05, 0.1) is 25.1 Å². The molecule has 2 amide bonds. The third-order valence-electron chi connectivity index (χ3n) is 5.30. The number of carbonyl (C=O) groups excluding carboxylic acids is 2. The van der Waals surface area contributed by atoms with Crippen LogP contribution in [0, 0.1) is 5.41 Å². The van der Waals surface area contributed by atoms with Gasteiger partial charge >= 0.3 is 12.2 Å². The van der Waals surface area contributed by atoms with E-state index in [4.69, 9.17) is 9.47 Å². The Kier molecular flexibility index (Phi) is 5.29. The lowest BCUT2D eigenvalue weighted by Gasteiger charge is -2.62. The van der Waals surface area contributed by atoms with E-state index in [1.165, 1.54) is 9.80 Å². The summed E-state index contributed by atoms with van der Waals surface area (Å²) < 4.78 is 10.6. The average Bonchev–Trinajstić information content (AvgIpc) is 2.56. The molecule has 154 valence electrons. The molecular formula is C20H28N2O6. The van der Waals surface area contributed by atoms with Gasteiger partial charge in [0, 0.05) is 13.1 Å². The van der Waals surface area contributed by atoms with Crippen LogP contribution < -0.4 is 0 Å². The zero-order valence-corrected chi connectivity index (χ0v) is 16.6. The van der Waals surface area contributed by atoms with Gasteiger partial charge in [-0.05, 0) is 26.3 Å². The van der Waals surface area contributed by atoms with Crippen LogP contribution >= 0.6 is 0 Å². The van der Waals surface area contributed by atoms with Gasteiger partial charge in [0.2, 0.25) is 0 Å². The fourth-order valence-corrected chi connectivity index (χ4v) is 3.54. The van der Waals surface area contributed by atoms with E-state index < -0.39 is 28.8 Å². The first-order chi connectivity index (χ1) is 13.1. The second-order valence-electron chi connectivity index (χ2n) is 8.70. The number of hydrogen-bond donors (Lipinski definition) is 2. The summed E-state index contributed by atoms with van der Waals surface area (Å²) in [6.07, 6.45) is -0.983. The van der Waals surface area contributed by atoms with Gasteiger partial charge in [-0.1, -0.05) is 30.3 Å². The summed E-state index contributed by atoms with van der Waals surface area (Å²) in [5.41, 5.74) is -1.85. The predicted octanol–water partition coefficient (Wildman–Crippen LogP) is 1.60. The van der Waals surface area contributed by atoms with Crippen molar-refractivity contribution < 1.29 is 29.3 Å². The zero-order chi connectivity index (χ0) is 20.6. The Morgan fingerprint density at radius 2 is 1.61 bits per heavy atom. The minimum Gasteiger partial charge on any atom is -0.445 e. The molecule has 28 heavy (non-hydrogen) atoms. The van der Waals surface area contributed by atoms with Gasteiger partial charge in [-0.2, -0.15) is 0 Å². The van der Waals surface area contributed by atoms with Crippen molar-refractivity contribution >= 4 is 12.2 Å². The van der Waals surface area contributed by atoms with Gasteiger partial charge in [-0.3, -0.25) is 0 Å². The highest BCUT2D eigenvalue weighted by Gasteiger charge is 2.64.